The molecule has 2 aromatic rings. The highest BCUT2D eigenvalue weighted by molar-refractivity contribution is 7.89. The van der Waals surface area contributed by atoms with Gasteiger partial charge >= 0.3 is 0 Å². The molecule has 3 atom stereocenters. The summed E-state index contributed by atoms with van der Waals surface area (Å²) in [7, 11) is -3.85. The number of ether oxygens (including phenoxy) is 1. The Labute approximate surface area is 183 Å². The summed E-state index contributed by atoms with van der Waals surface area (Å²) >= 11 is 6.22. The first-order valence-electron chi connectivity index (χ1n) is 9.96. The van der Waals surface area contributed by atoms with Crippen LogP contribution in [0.4, 0.5) is 0 Å². The number of rotatable bonds is 6. The summed E-state index contributed by atoms with van der Waals surface area (Å²) in [6, 6.07) is 14.2. The summed E-state index contributed by atoms with van der Waals surface area (Å²) in [4.78, 5) is 12.6. The molecule has 0 spiro atoms. The molecule has 1 fully saturated rings. The smallest absolute Gasteiger partial charge is 0.251 e. The van der Waals surface area contributed by atoms with Crippen LogP contribution in [0.15, 0.2) is 53.4 Å². The fraction of sp³-hybridized carbons (Fsp3) is 0.409. The zero-order valence-corrected chi connectivity index (χ0v) is 18.9. The van der Waals surface area contributed by atoms with E-state index in [9.17, 15) is 13.2 Å². The molecule has 30 heavy (non-hydrogen) atoms. The van der Waals surface area contributed by atoms with Crippen LogP contribution in [0.3, 0.4) is 0 Å². The Morgan fingerprint density at radius 1 is 1.17 bits per heavy atom. The van der Waals surface area contributed by atoms with Crippen molar-refractivity contribution < 1.29 is 17.9 Å². The minimum absolute atomic E-state index is 0.0609. The fourth-order valence-electron chi connectivity index (χ4n) is 3.56. The van der Waals surface area contributed by atoms with Crippen molar-refractivity contribution >= 4 is 27.5 Å². The first-order chi connectivity index (χ1) is 14.2. The number of hydrogen-bond donors (Lipinski definition) is 1. The maximum Gasteiger partial charge on any atom is 0.251 e. The molecule has 6 nitrogen and oxygen atoms in total. The Bertz CT molecular complexity index is 987. The van der Waals surface area contributed by atoms with Gasteiger partial charge in [0.15, 0.2) is 0 Å². The van der Waals surface area contributed by atoms with Gasteiger partial charge in [0, 0.05) is 25.2 Å². The number of morpholine rings is 1. The van der Waals surface area contributed by atoms with E-state index in [0.717, 1.165) is 5.56 Å². The van der Waals surface area contributed by atoms with E-state index in [2.05, 4.69) is 5.32 Å². The van der Waals surface area contributed by atoms with Crippen molar-refractivity contribution in [1.29, 1.82) is 0 Å². The van der Waals surface area contributed by atoms with Gasteiger partial charge in [-0.3, -0.25) is 4.79 Å². The van der Waals surface area contributed by atoms with Crippen LogP contribution in [0.2, 0.25) is 5.02 Å². The van der Waals surface area contributed by atoms with Gasteiger partial charge in [-0.2, -0.15) is 4.31 Å². The molecule has 2 aromatic carbocycles. The van der Waals surface area contributed by atoms with E-state index in [-0.39, 0.29) is 52.6 Å². The summed E-state index contributed by atoms with van der Waals surface area (Å²) in [5, 5.41) is 2.97. The lowest BCUT2D eigenvalue weighted by Crippen LogP contribution is -2.48. The zero-order chi connectivity index (χ0) is 21.9. The van der Waals surface area contributed by atoms with Crippen LogP contribution < -0.4 is 5.32 Å². The van der Waals surface area contributed by atoms with Crippen LogP contribution in [-0.2, 0) is 14.8 Å². The maximum atomic E-state index is 13.2. The van der Waals surface area contributed by atoms with Gasteiger partial charge in [0.1, 0.15) is 4.90 Å². The fourth-order valence-corrected chi connectivity index (χ4v) is 5.65. The summed E-state index contributed by atoms with van der Waals surface area (Å²) in [6.45, 7) is 6.61. The van der Waals surface area contributed by atoms with Crippen LogP contribution in [0.1, 0.15) is 42.6 Å². The van der Waals surface area contributed by atoms with E-state index in [1.165, 1.54) is 22.5 Å². The van der Waals surface area contributed by atoms with E-state index in [1.807, 2.05) is 51.1 Å². The number of halogens is 1. The van der Waals surface area contributed by atoms with Crippen molar-refractivity contribution in [2.45, 2.75) is 43.8 Å². The molecule has 0 aromatic heterocycles. The van der Waals surface area contributed by atoms with E-state index in [1.54, 1.807) is 0 Å². The molecule has 0 aliphatic carbocycles. The molecular weight excluding hydrogens is 424 g/mol. The van der Waals surface area contributed by atoms with E-state index < -0.39 is 10.0 Å². The van der Waals surface area contributed by atoms with Crippen molar-refractivity contribution in [3.05, 3.63) is 64.7 Å². The normalized spacial score (nSPS) is 21.2. The number of hydrogen-bond acceptors (Lipinski definition) is 4. The van der Waals surface area contributed by atoms with Gasteiger partial charge in [-0.1, -0.05) is 48.9 Å². The van der Waals surface area contributed by atoms with Crippen LogP contribution in [0, 0.1) is 0 Å². The molecule has 162 valence electrons. The third kappa shape index (κ3) is 5.21. The minimum atomic E-state index is -3.85. The number of benzene rings is 2. The number of sulfonamides is 1. The summed E-state index contributed by atoms with van der Waals surface area (Å²) in [5.41, 5.74) is 1.38. The van der Waals surface area contributed by atoms with Crippen molar-refractivity contribution in [2.75, 3.05) is 19.6 Å². The van der Waals surface area contributed by atoms with Gasteiger partial charge in [0.2, 0.25) is 10.0 Å². The van der Waals surface area contributed by atoms with Gasteiger partial charge in [-0.25, -0.2) is 8.42 Å². The molecule has 1 saturated heterocycles. The second kappa shape index (κ2) is 9.47. The Hall–Kier alpha value is -1.93. The van der Waals surface area contributed by atoms with Crippen molar-refractivity contribution in [2.24, 2.45) is 0 Å². The van der Waals surface area contributed by atoms with E-state index in [0.29, 0.717) is 6.54 Å². The number of amides is 1. The number of nitrogens with one attached hydrogen (secondary N) is 1. The van der Waals surface area contributed by atoms with Gasteiger partial charge in [-0.15, -0.1) is 0 Å². The molecule has 8 heteroatoms. The third-order valence-electron chi connectivity index (χ3n) is 5.13. The molecule has 3 rings (SSSR count). The van der Waals surface area contributed by atoms with Gasteiger partial charge < -0.3 is 10.1 Å². The Kier molecular flexibility index (Phi) is 7.18. The van der Waals surface area contributed by atoms with Crippen LogP contribution in [0.25, 0.3) is 0 Å². The lowest BCUT2D eigenvalue weighted by Gasteiger charge is -2.34. The second-order valence-corrected chi connectivity index (χ2v) is 10.1. The molecule has 1 aliphatic heterocycles. The second-order valence-electron chi connectivity index (χ2n) is 7.75. The summed E-state index contributed by atoms with van der Waals surface area (Å²) in [6.07, 6.45) is -0.429. The van der Waals surface area contributed by atoms with Crippen molar-refractivity contribution in [3.63, 3.8) is 0 Å². The average molecular weight is 451 g/mol. The highest BCUT2D eigenvalue weighted by Gasteiger charge is 2.33. The van der Waals surface area contributed by atoms with Gasteiger partial charge in [0.25, 0.3) is 5.91 Å². The summed E-state index contributed by atoms with van der Waals surface area (Å²) in [5.74, 6) is -0.211. The molecule has 0 radical (unpaired) electrons. The van der Waals surface area contributed by atoms with Gasteiger partial charge in [-0.05, 0) is 43.5 Å². The van der Waals surface area contributed by atoms with E-state index >= 15 is 0 Å². The molecular formula is C22H27ClN2O4S. The Morgan fingerprint density at radius 2 is 1.80 bits per heavy atom. The largest absolute Gasteiger partial charge is 0.373 e. The number of carbonyl (C=O) groups excluding carboxylic acids is 1. The van der Waals surface area contributed by atoms with Gasteiger partial charge in [0.05, 0.1) is 17.2 Å². The quantitative estimate of drug-likeness (QED) is 0.728. The Morgan fingerprint density at radius 3 is 2.43 bits per heavy atom. The molecule has 3 unspecified atom stereocenters. The summed E-state index contributed by atoms with van der Waals surface area (Å²) < 4.78 is 33.4. The van der Waals surface area contributed by atoms with Crippen molar-refractivity contribution in [1.82, 2.24) is 9.62 Å². The highest BCUT2D eigenvalue weighted by atomic mass is 35.5. The lowest BCUT2D eigenvalue weighted by molar-refractivity contribution is -0.0440. The molecule has 1 amide bonds. The first-order valence-corrected chi connectivity index (χ1v) is 11.8. The third-order valence-corrected chi connectivity index (χ3v) is 7.45. The lowest BCUT2D eigenvalue weighted by atomic mass is 10.0. The number of carbonyl (C=O) groups is 1. The van der Waals surface area contributed by atoms with Crippen molar-refractivity contribution in [3.8, 4) is 0 Å². The molecule has 1 aliphatic rings. The first kappa shape index (κ1) is 22.7. The Balaban J connectivity index is 1.76. The average Bonchev–Trinajstić information content (AvgIpc) is 2.72. The number of nitrogens with zero attached hydrogens (tertiary/aromatic N) is 1. The molecule has 0 saturated carbocycles. The predicted octanol–water partition coefficient (Wildman–Crippen LogP) is 3.67. The SMILES string of the molecule is CC1CN(S(=O)(=O)c2cc(C(=O)NCC(C)c3ccccc3)ccc2Cl)CC(C)O1. The van der Waals surface area contributed by atoms with Crippen LogP contribution >= 0.6 is 11.6 Å². The van der Waals surface area contributed by atoms with Crippen LogP contribution in [-0.4, -0.2) is 50.5 Å². The maximum absolute atomic E-state index is 13.2. The molecule has 1 heterocycles. The van der Waals surface area contributed by atoms with E-state index in [4.69, 9.17) is 16.3 Å². The zero-order valence-electron chi connectivity index (χ0n) is 17.3. The monoisotopic (exact) mass is 450 g/mol. The molecule has 1 N–H and O–H groups in total. The van der Waals surface area contributed by atoms with Crippen LogP contribution in [0.5, 0.6) is 0 Å². The minimum Gasteiger partial charge on any atom is -0.373 e. The highest BCUT2D eigenvalue weighted by Crippen LogP contribution is 2.28. The predicted molar refractivity (Wildman–Crippen MR) is 117 cm³/mol. The topological polar surface area (TPSA) is 75.7 Å². The standard InChI is InChI=1S/C22H27ClN2O4S/c1-15(18-7-5-4-6-8-18)12-24-22(26)19-9-10-20(23)21(11-19)30(27,28)25-13-16(2)29-17(3)14-25/h4-11,15-17H,12-14H2,1-3H3,(H,24,26). The molecule has 0 bridgehead atoms.